The average Bonchev–Trinajstić information content (AvgIpc) is 2.56. The molecule has 0 unspecified atom stereocenters. The minimum Gasteiger partial charge on any atom is -0.330 e. The standard InChI is InChI=1S/C15H20N2O2/c1-15(2)10-13(18)17(14(15)19)12-7-3-5-11(9-12)6-4-8-16/h3,5,7,9H,4,6,8,10,16H2,1-2H3. The van der Waals surface area contributed by atoms with Gasteiger partial charge in [0.25, 0.3) is 0 Å². The Balaban J connectivity index is 2.27. The normalized spacial score (nSPS) is 18.2. The molecule has 19 heavy (non-hydrogen) atoms. The molecule has 4 nitrogen and oxygen atoms in total. The van der Waals surface area contributed by atoms with Crippen LogP contribution in [-0.2, 0) is 16.0 Å². The number of benzene rings is 1. The molecule has 1 heterocycles. The van der Waals surface area contributed by atoms with Gasteiger partial charge < -0.3 is 5.73 Å². The van der Waals surface area contributed by atoms with E-state index in [9.17, 15) is 9.59 Å². The van der Waals surface area contributed by atoms with Crippen LogP contribution in [-0.4, -0.2) is 18.4 Å². The molecule has 0 radical (unpaired) electrons. The number of anilines is 1. The molecule has 0 atom stereocenters. The maximum absolute atomic E-state index is 12.2. The molecule has 1 aromatic carbocycles. The van der Waals surface area contributed by atoms with Gasteiger partial charge in [-0.05, 0) is 37.1 Å². The van der Waals surface area contributed by atoms with Gasteiger partial charge in [-0.2, -0.15) is 0 Å². The molecule has 0 aliphatic carbocycles. The molecule has 1 aliphatic heterocycles. The van der Waals surface area contributed by atoms with Crippen LogP contribution in [0.2, 0.25) is 0 Å². The van der Waals surface area contributed by atoms with Crippen LogP contribution < -0.4 is 10.6 Å². The van der Waals surface area contributed by atoms with Crippen molar-refractivity contribution in [3.63, 3.8) is 0 Å². The van der Waals surface area contributed by atoms with Crippen molar-refractivity contribution >= 4 is 17.5 Å². The summed E-state index contributed by atoms with van der Waals surface area (Å²) in [6.07, 6.45) is 2.04. The van der Waals surface area contributed by atoms with Crippen molar-refractivity contribution in [3.8, 4) is 0 Å². The van der Waals surface area contributed by atoms with Crippen LogP contribution >= 0.6 is 0 Å². The number of amides is 2. The predicted molar refractivity (Wildman–Crippen MR) is 74.7 cm³/mol. The Kier molecular flexibility index (Phi) is 3.71. The van der Waals surface area contributed by atoms with E-state index in [1.54, 1.807) is 0 Å². The molecule has 0 spiro atoms. The van der Waals surface area contributed by atoms with Gasteiger partial charge in [0, 0.05) is 6.42 Å². The Morgan fingerprint density at radius 1 is 1.32 bits per heavy atom. The molecule has 0 saturated carbocycles. The van der Waals surface area contributed by atoms with E-state index in [1.165, 1.54) is 4.90 Å². The summed E-state index contributed by atoms with van der Waals surface area (Å²) in [5.41, 5.74) is 6.69. The summed E-state index contributed by atoms with van der Waals surface area (Å²) in [5, 5.41) is 0. The topological polar surface area (TPSA) is 63.4 Å². The zero-order valence-corrected chi connectivity index (χ0v) is 11.5. The van der Waals surface area contributed by atoms with Crippen molar-refractivity contribution in [2.45, 2.75) is 33.1 Å². The number of hydrogen-bond donors (Lipinski definition) is 1. The summed E-state index contributed by atoms with van der Waals surface area (Å²) in [4.78, 5) is 25.6. The molecule has 1 aliphatic rings. The van der Waals surface area contributed by atoms with Crippen molar-refractivity contribution < 1.29 is 9.59 Å². The monoisotopic (exact) mass is 260 g/mol. The largest absolute Gasteiger partial charge is 0.330 e. The molecule has 2 rings (SSSR count). The van der Waals surface area contributed by atoms with Crippen LogP contribution in [0.25, 0.3) is 0 Å². The van der Waals surface area contributed by atoms with Crippen LogP contribution in [0, 0.1) is 5.41 Å². The fourth-order valence-electron chi connectivity index (χ4n) is 2.37. The van der Waals surface area contributed by atoms with Gasteiger partial charge in [0.1, 0.15) is 0 Å². The van der Waals surface area contributed by atoms with Crippen molar-refractivity contribution in [3.05, 3.63) is 29.8 Å². The zero-order valence-electron chi connectivity index (χ0n) is 11.5. The quantitative estimate of drug-likeness (QED) is 0.840. The second-order valence-corrected chi connectivity index (χ2v) is 5.66. The highest BCUT2D eigenvalue weighted by Crippen LogP contribution is 2.35. The van der Waals surface area contributed by atoms with Gasteiger partial charge in [-0.25, -0.2) is 0 Å². The van der Waals surface area contributed by atoms with Crippen LogP contribution in [0.1, 0.15) is 32.3 Å². The van der Waals surface area contributed by atoms with Crippen molar-refractivity contribution in [1.82, 2.24) is 0 Å². The molecule has 1 saturated heterocycles. The van der Waals surface area contributed by atoms with Gasteiger partial charge >= 0.3 is 0 Å². The molecule has 1 aromatic rings. The third-order valence-electron chi connectivity index (χ3n) is 3.46. The van der Waals surface area contributed by atoms with Gasteiger partial charge in [-0.3, -0.25) is 14.5 Å². The lowest BCUT2D eigenvalue weighted by Gasteiger charge is -2.18. The summed E-state index contributed by atoms with van der Waals surface area (Å²) in [7, 11) is 0. The first-order valence-electron chi connectivity index (χ1n) is 6.62. The summed E-state index contributed by atoms with van der Waals surface area (Å²) >= 11 is 0. The fraction of sp³-hybridized carbons (Fsp3) is 0.467. The summed E-state index contributed by atoms with van der Waals surface area (Å²) < 4.78 is 0. The lowest BCUT2D eigenvalue weighted by atomic mass is 9.92. The highest BCUT2D eigenvalue weighted by molar-refractivity contribution is 6.22. The number of nitrogens with zero attached hydrogens (tertiary/aromatic N) is 1. The van der Waals surface area contributed by atoms with Gasteiger partial charge in [-0.1, -0.05) is 26.0 Å². The molecule has 102 valence electrons. The maximum Gasteiger partial charge on any atom is 0.239 e. The molecule has 1 fully saturated rings. The Morgan fingerprint density at radius 2 is 2.05 bits per heavy atom. The third-order valence-corrected chi connectivity index (χ3v) is 3.46. The van der Waals surface area contributed by atoms with Crippen LogP contribution in [0.5, 0.6) is 0 Å². The highest BCUT2D eigenvalue weighted by Gasteiger charge is 2.45. The molecular weight excluding hydrogens is 240 g/mol. The third kappa shape index (κ3) is 2.68. The Hall–Kier alpha value is -1.68. The summed E-state index contributed by atoms with van der Waals surface area (Å²) in [6.45, 7) is 4.26. The van der Waals surface area contributed by atoms with E-state index in [0.29, 0.717) is 12.2 Å². The number of aryl methyl sites for hydroxylation is 1. The van der Waals surface area contributed by atoms with E-state index in [2.05, 4.69) is 0 Å². The molecule has 2 N–H and O–H groups in total. The predicted octanol–water partition coefficient (Wildman–Crippen LogP) is 1.87. The number of imide groups is 1. The lowest BCUT2D eigenvalue weighted by molar-refractivity contribution is -0.124. The molecule has 0 aromatic heterocycles. The minimum atomic E-state index is -0.593. The molecule has 0 bridgehead atoms. The van der Waals surface area contributed by atoms with E-state index in [1.807, 2.05) is 38.1 Å². The number of nitrogens with two attached hydrogens (primary N) is 1. The van der Waals surface area contributed by atoms with Gasteiger partial charge in [0.2, 0.25) is 11.8 Å². The maximum atomic E-state index is 12.2. The number of carbonyl (C=O) groups excluding carboxylic acids is 2. The Bertz CT molecular complexity index is 509. The highest BCUT2D eigenvalue weighted by atomic mass is 16.2. The second kappa shape index (κ2) is 5.13. The second-order valence-electron chi connectivity index (χ2n) is 5.66. The van der Waals surface area contributed by atoms with Crippen molar-refractivity contribution in [2.24, 2.45) is 11.1 Å². The van der Waals surface area contributed by atoms with Gasteiger partial charge in [0.05, 0.1) is 11.1 Å². The van der Waals surface area contributed by atoms with E-state index < -0.39 is 5.41 Å². The first-order chi connectivity index (χ1) is 8.95. The summed E-state index contributed by atoms with van der Waals surface area (Å²) in [5.74, 6) is -0.237. The number of carbonyl (C=O) groups is 2. The van der Waals surface area contributed by atoms with E-state index in [-0.39, 0.29) is 18.2 Å². The molecule has 2 amide bonds. The van der Waals surface area contributed by atoms with Gasteiger partial charge in [0.15, 0.2) is 0 Å². The summed E-state index contributed by atoms with van der Waals surface area (Å²) in [6, 6.07) is 7.60. The van der Waals surface area contributed by atoms with E-state index in [0.717, 1.165) is 18.4 Å². The Labute approximate surface area is 113 Å². The van der Waals surface area contributed by atoms with Crippen LogP contribution in [0.4, 0.5) is 5.69 Å². The van der Waals surface area contributed by atoms with E-state index in [4.69, 9.17) is 5.73 Å². The Morgan fingerprint density at radius 3 is 2.63 bits per heavy atom. The van der Waals surface area contributed by atoms with Crippen LogP contribution in [0.15, 0.2) is 24.3 Å². The lowest BCUT2D eigenvalue weighted by Crippen LogP contribution is -2.32. The zero-order chi connectivity index (χ0) is 14.0. The van der Waals surface area contributed by atoms with E-state index >= 15 is 0 Å². The SMILES string of the molecule is CC1(C)CC(=O)N(c2cccc(CCCN)c2)C1=O. The molecular formula is C15H20N2O2. The number of hydrogen-bond acceptors (Lipinski definition) is 3. The smallest absolute Gasteiger partial charge is 0.239 e. The van der Waals surface area contributed by atoms with Crippen LogP contribution in [0.3, 0.4) is 0 Å². The van der Waals surface area contributed by atoms with Crippen molar-refractivity contribution in [2.75, 3.05) is 11.4 Å². The average molecular weight is 260 g/mol. The molecule has 4 heteroatoms. The van der Waals surface area contributed by atoms with Crippen molar-refractivity contribution in [1.29, 1.82) is 0 Å². The fourth-order valence-corrected chi connectivity index (χ4v) is 2.37. The first kappa shape index (κ1) is 13.7. The minimum absolute atomic E-state index is 0.117. The van der Waals surface area contributed by atoms with Gasteiger partial charge in [-0.15, -0.1) is 0 Å². The first-order valence-corrected chi connectivity index (χ1v) is 6.62. The number of rotatable bonds is 4.